The third kappa shape index (κ3) is 3.67. The molecule has 2 aromatic rings. The molecule has 0 aliphatic rings. The number of hydrogen-bond acceptors (Lipinski definition) is 5. The average molecular weight is 316 g/mol. The Morgan fingerprint density at radius 3 is 2.70 bits per heavy atom. The van der Waals surface area contributed by atoms with Crippen LogP contribution in [0.25, 0.3) is 0 Å². The van der Waals surface area contributed by atoms with Crippen LogP contribution in [0, 0.1) is 6.92 Å². The van der Waals surface area contributed by atoms with E-state index in [2.05, 4.69) is 34.2 Å². The number of carbonyl (C=O) groups is 1. The highest BCUT2D eigenvalue weighted by Crippen LogP contribution is 2.19. The van der Waals surface area contributed by atoms with Gasteiger partial charge in [0.1, 0.15) is 5.82 Å². The monoisotopic (exact) mass is 316 g/mol. The molecule has 23 heavy (non-hydrogen) atoms. The van der Waals surface area contributed by atoms with Crippen LogP contribution in [-0.4, -0.2) is 25.7 Å². The molecule has 3 N–H and O–H groups in total. The molecule has 2 rings (SSSR count). The first-order valence-corrected chi connectivity index (χ1v) is 7.91. The Morgan fingerprint density at radius 2 is 2.09 bits per heavy atom. The molecule has 2 heterocycles. The average Bonchev–Trinajstić information content (AvgIpc) is 2.90. The molecule has 0 unspecified atom stereocenters. The van der Waals surface area contributed by atoms with Crippen LogP contribution in [0.15, 0.2) is 18.5 Å². The molecule has 0 bridgehead atoms. The highest BCUT2D eigenvalue weighted by Gasteiger charge is 2.20. The zero-order chi connectivity index (χ0) is 17.0. The molecule has 7 heteroatoms. The van der Waals surface area contributed by atoms with Crippen LogP contribution < -0.4 is 11.1 Å². The minimum Gasteiger partial charge on any atom is -0.384 e. The van der Waals surface area contributed by atoms with Gasteiger partial charge in [-0.1, -0.05) is 13.8 Å². The maximum atomic E-state index is 12.5. The lowest BCUT2D eigenvalue weighted by molar-refractivity contribution is 0.0937. The number of hydrogen-bond donors (Lipinski definition) is 2. The molecular weight excluding hydrogens is 292 g/mol. The number of anilines is 1. The number of nitrogens with two attached hydrogens (primary N) is 1. The van der Waals surface area contributed by atoms with Gasteiger partial charge in [0.05, 0.1) is 23.8 Å². The van der Waals surface area contributed by atoms with Crippen molar-refractivity contribution in [2.45, 2.75) is 52.6 Å². The summed E-state index contributed by atoms with van der Waals surface area (Å²) in [5, 5.41) is 7.27. The Labute approximate surface area is 136 Å². The molecule has 2 aromatic heterocycles. The van der Waals surface area contributed by atoms with E-state index < -0.39 is 0 Å². The largest absolute Gasteiger partial charge is 0.384 e. The Kier molecular flexibility index (Phi) is 5.31. The molecule has 0 saturated carbocycles. The van der Waals surface area contributed by atoms with Crippen molar-refractivity contribution in [3.05, 3.63) is 35.5 Å². The Hall–Kier alpha value is -2.44. The second-order valence-corrected chi connectivity index (χ2v) is 5.59. The smallest absolute Gasteiger partial charge is 0.255 e. The van der Waals surface area contributed by atoms with E-state index in [9.17, 15) is 4.79 Å². The summed E-state index contributed by atoms with van der Waals surface area (Å²) in [6.07, 6.45) is 5.16. The van der Waals surface area contributed by atoms with E-state index in [0.29, 0.717) is 23.2 Å². The minimum atomic E-state index is -0.332. The molecule has 124 valence electrons. The Bertz CT molecular complexity index is 677. The normalized spacial score (nSPS) is 12.4. The molecule has 0 aromatic carbocycles. The van der Waals surface area contributed by atoms with Crippen molar-refractivity contribution >= 4 is 11.7 Å². The lowest BCUT2D eigenvalue weighted by atomic mass is 10.1. The molecule has 0 spiro atoms. The summed E-state index contributed by atoms with van der Waals surface area (Å²) in [7, 11) is 0. The predicted octanol–water partition coefficient (Wildman–Crippen LogP) is 2.42. The maximum absolute atomic E-state index is 12.5. The fourth-order valence-electron chi connectivity index (χ4n) is 2.58. The van der Waals surface area contributed by atoms with Crippen LogP contribution in [0.5, 0.6) is 0 Å². The van der Waals surface area contributed by atoms with E-state index in [1.165, 1.54) is 0 Å². The van der Waals surface area contributed by atoms with Crippen LogP contribution >= 0.6 is 0 Å². The van der Waals surface area contributed by atoms with Crippen LogP contribution in [0.2, 0.25) is 0 Å². The van der Waals surface area contributed by atoms with Gasteiger partial charge in [0.2, 0.25) is 0 Å². The maximum Gasteiger partial charge on any atom is 0.255 e. The van der Waals surface area contributed by atoms with E-state index in [-0.39, 0.29) is 11.9 Å². The number of rotatable bonds is 6. The summed E-state index contributed by atoms with van der Waals surface area (Å²) < 4.78 is 1.93. The molecule has 1 atom stereocenters. The van der Waals surface area contributed by atoms with Crippen LogP contribution in [0.4, 0.5) is 5.82 Å². The quantitative estimate of drug-likeness (QED) is 0.852. The Balaban J connectivity index is 2.15. The fourth-order valence-corrected chi connectivity index (χ4v) is 2.58. The van der Waals surface area contributed by atoms with Gasteiger partial charge >= 0.3 is 0 Å². The van der Waals surface area contributed by atoms with Crippen molar-refractivity contribution in [2.75, 3.05) is 5.73 Å². The number of nitrogens with one attached hydrogen (secondary N) is 1. The lowest BCUT2D eigenvalue weighted by Crippen LogP contribution is -2.28. The van der Waals surface area contributed by atoms with Crippen molar-refractivity contribution < 1.29 is 4.79 Å². The molecule has 0 aliphatic heterocycles. The summed E-state index contributed by atoms with van der Waals surface area (Å²) in [5.41, 5.74) is 7.10. The SMILES string of the molecule is CCC(CC)n1ncc(C(=O)N[C@H](C)c2nccc(N)n2)c1C. The number of aromatic nitrogens is 4. The van der Waals surface area contributed by atoms with Gasteiger partial charge in [-0.05, 0) is 32.8 Å². The van der Waals surface area contributed by atoms with Crippen molar-refractivity contribution in [3.8, 4) is 0 Å². The highest BCUT2D eigenvalue weighted by molar-refractivity contribution is 5.95. The Morgan fingerprint density at radius 1 is 1.39 bits per heavy atom. The van der Waals surface area contributed by atoms with Crippen molar-refractivity contribution in [1.82, 2.24) is 25.1 Å². The van der Waals surface area contributed by atoms with Gasteiger partial charge in [0, 0.05) is 11.9 Å². The van der Waals surface area contributed by atoms with Gasteiger partial charge in [-0.25, -0.2) is 9.97 Å². The van der Waals surface area contributed by atoms with Gasteiger partial charge in [0.15, 0.2) is 5.82 Å². The van der Waals surface area contributed by atoms with Crippen LogP contribution in [-0.2, 0) is 0 Å². The number of amides is 1. The molecule has 1 amide bonds. The van der Waals surface area contributed by atoms with Gasteiger partial charge < -0.3 is 11.1 Å². The molecule has 0 fully saturated rings. The van der Waals surface area contributed by atoms with E-state index in [4.69, 9.17) is 5.73 Å². The third-order valence-corrected chi connectivity index (χ3v) is 4.01. The topological polar surface area (TPSA) is 98.7 Å². The van der Waals surface area contributed by atoms with E-state index in [1.54, 1.807) is 18.5 Å². The first-order chi connectivity index (χ1) is 11.0. The minimum absolute atomic E-state index is 0.182. The van der Waals surface area contributed by atoms with Crippen molar-refractivity contribution in [3.63, 3.8) is 0 Å². The molecule has 0 aliphatic carbocycles. The number of nitrogens with zero attached hydrogens (tertiary/aromatic N) is 4. The lowest BCUT2D eigenvalue weighted by Gasteiger charge is -2.16. The van der Waals surface area contributed by atoms with Gasteiger partial charge in [-0.15, -0.1) is 0 Å². The van der Waals surface area contributed by atoms with Crippen molar-refractivity contribution in [1.29, 1.82) is 0 Å². The summed E-state index contributed by atoms with van der Waals surface area (Å²) in [5.74, 6) is 0.690. The summed E-state index contributed by atoms with van der Waals surface area (Å²) in [6.45, 7) is 7.98. The zero-order valence-corrected chi connectivity index (χ0v) is 14.1. The predicted molar refractivity (Wildman–Crippen MR) is 88.9 cm³/mol. The number of carbonyl (C=O) groups excluding carboxylic acids is 1. The first-order valence-electron chi connectivity index (χ1n) is 7.91. The highest BCUT2D eigenvalue weighted by atomic mass is 16.1. The summed E-state index contributed by atoms with van der Waals surface area (Å²) in [4.78, 5) is 20.8. The second-order valence-electron chi connectivity index (χ2n) is 5.59. The number of nitrogen functional groups attached to an aromatic ring is 1. The fraction of sp³-hybridized carbons (Fsp3) is 0.500. The van der Waals surface area contributed by atoms with Gasteiger partial charge in [-0.2, -0.15) is 5.10 Å². The summed E-state index contributed by atoms with van der Waals surface area (Å²) in [6, 6.07) is 1.59. The zero-order valence-electron chi connectivity index (χ0n) is 14.1. The first kappa shape index (κ1) is 16.9. The molecule has 0 saturated heterocycles. The standard InChI is InChI=1S/C16H24N6O/c1-5-12(6-2)22-11(4)13(9-19-22)16(23)20-10(3)15-18-8-7-14(17)21-15/h7-10,12H,5-6H2,1-4H3,(H,20,23)(H2,17,18,21)/t10-/m1/s1. The molecule has 0 radical (unpaired) electrons. The van der Waals surface area contributed by atoms with Crippen molar-refractivity contribution in [2.24, 2.45) is 0 Å². The molecule has 7 nitrogen and oxygen atoms in total. The second kappa shape index (κ2) is 7.21. The van der Waals surface area contributed by atoms with E-state index >= 15 is 0 Å². The van der Waals surface area contributed by atoms with Gasteiger partial charge in [-0.3, -0.25) is 9.48 Å². The van der Waals surface area contributed by atoms with E-state index in [0.717, 1.165) is 18.5 Å². The summed E-state index contributed by atoms with van der Waals surface area (Å²) >= 11 is 0. The van der Waals surface area contributed by atoms with Crippen LogP contribution in [0.1, 0.15) is 67.6 Å². The molecular formula is C16H24N6O. The van der Waals surface area contributed by atoms with Gasteiger partial charge in [0.25, 0.3) is 5.91 Å². The third-order valence-electron chi connectivity index (χ3n) is 4.01. The van der Waals surface area contributed by atoms with E-state index in [1.807, 2.05) is 18.5 Å². The van der Waals surface area contributed by atoms with Crippen LogP contribution in [0.3, 0.4) is 0 Å².